The van der Waals surface area contributed by atoms with Crippen LogP contribution in [0.25, 0.3) is 0 Å². The summed E-state index contributed by atoms with van der Waals surface area (Å²) in [4.78, 5) is 1.20. The van der Waals surface area contributed by atoms with Crippen LogP contribution in [0.1, 0.15) is 16.5 Å². The van der Waals surface area contributed by atoms with Gasteiger partial charge in [-0.05, 0) is 42.3 Å². The summed E-state index contributed by atoms with van der Waals surface area (Å²) in [6.45, 7) is 0. The smallest absolute Gasteiger partial charge is 0.123 e. The van der Waals surface area contributed by atoms with Crippen molar-refractivity contribution in [1.82, 2.24) is 0 Å². The highest BCUT2D eigenvalue weighted by Gasteiger charge is 2.23. The summed E-state index contributed by atoms with van der Waals surface area (Å²) in [6, 6.07) is 9.02. The average molecular weight is 254 g/mol. The van der Waals surface area contributed by atoms with E-state index in [1.807, 2.05) is 12.1 Å². The molecule has 4 heteroatoms. The van der Waals surface area contributed by atoms with Crippen LogP contribution in [0.15, 0.2) is 30.3 Å². The van der Waals surface area contributed by atoms with E-state index >= 15 is 0 Å². The van der Waals surface area contributed by atoms with Crippen LogP contribution in [0.2, 0.25) is 4.34 Å². The lowest BCUT2D eigenvalue weighted by atomic mass is 10.1. The van der Waals surface area contributed by atoms with E-state index in [4.69, 9.17) is 11.6 Å². The first-order chi connectivity index (χ1) is 7.72. The van der Waals surface area contributed by atoms with Gasteiger partial charge in [0.2, 0.25) is 0 Å². The topological polar surface area (TPSA) is 12.0 Å². The lowest BCUT2D eigenvalue weighted by molar-refractivity contribution is 0.626. The summed E-state index contributed by atoms with van der Waals surface area (Å²) in [5, 5.41) is 3.38. The maximum absolute atomic E-state index is 13.0. The van der Waals surface area contributed by atoms with Crippen LogP contribution in [0.5, 0.6) is 0 Å². The third kappa shape index (κ3) is 1.70. The van der Waals surface area contributed by atoms with Gasteiger partial charge in [0, 0.05) is 10.6 Å². The van der Waals surface area contributed by atoms with Gasteiger partial charge in [0.15, 0.2) is 0 Å². The monoisotopic (exact) mass is 253 g/mol. The molecule has 1 N–H and O–H groups in total. The van der Waals surface area contributed by atoms with Crippen molar-refractivity contribution in [3.63, 3.8) is 0 Å². The number of thiophene rings is 1. The molecule has 0 radical (unpaired) electrons. The van der Waals surface area contributed by atoms with Gasteiger partial charge in [-0.3, -0.25) is 0 Å². The zero-order chi connectivity index (χ0) is 11.1. The highest BCUT2D eigenvalue weighted by atomic mass is 35.5. The summed E-state index contributed by atoms with van der Waals surface area (Å²) >= 11 is 7.48. The molecule has 16 heavy (non-hydrogen) atoms. The standard InChI is InChI=1S/C12H9ClFNS/c13-12-4-3-11(16-12)10-6-7-5-8(14)1-2-9(7)15-10/h1-5,10,15H,6H2. The minimum Gasteiger partial charge on any atom is -0.377 e. The molecule has 0 spiro atoms. The molecule has 0 bridgehead atoms. The molecule has 0 saturated carbocycles. The number of nitrogens with one attached hydrogen (secondary N) is 1. The van der Waals surface area contributed by atoms with E-state index in [1.54, 1.807) is 23.5 Å². The summed E-state index contributed by atoms with van der Waals surface area (Å²) < 4.78 is 13.8. The Labute approximate surface area is 102 Å². The minimum absolute atomic E-state index is 0.176. The molecule has 1 nitrogen and oxygen atoms in total. The summed E-state index contributed by atoms with van der Waals surface area (Å²) in [6.07, 6.45) is 0.823. The van der Waals surface area contributed by atoms with Crippen LogP contribution in [0.4, 0.5) is 10.1 Å². The molecular weight excluding hydrogens is 245 g/mol. The van der Waals surface area contributed by atoms with Crippen molar-refractivity contribution in [2.24, 2.45) is 0 Å². The lowest BCUT2D eigenvalue weighted by Gasteiger charge is -2.07. The molecule has 0 fully saturated rings. The molecule has 0 saturated heterocycles. The van der Waals surface area contributed by atoms with Crippen molar-refractivity contribution in [3.05, 3.63) is 50.9 Å². The Morgan fingerprint density at radius 3 is 2.94 bits per heavy atom. The molecule has 2 aromatic rings. The van der Waals surface area contributed by atoms with E-state index in [2.05, 4.69) is 5.32 Å². The van der Waals surface area contributed by atoms with Crippen LogP contribution in [0, 0.1) is 5.82 Å². The molecule has 0 aliphatic carbocycles. The molecule has 1 aliphatic heterocycles. The van der Waals surface area contributed by atoms with E-state index in [1.165, 1.54) is 10.9 Å². The van der Waals surface area contributed by atoms with Crippen LogP contribution in [0.3, 0.4) is 0 Å². The van der Waals surface area contributed by atoms with Crippen molar-refractivity contribution < 1.29 is 4.39 Å². The summed E-state index contributed by atoms with van der Waals surface area (Å²) in [5.41, 5.74) is 2.06. The van der Waals surface area contributed by atoms with Crippen LogP contribution in [-0.2, 0) is 6.42 Å². The number of fused-ring (bicyclic) bond motifs is 1. The fourth-order valence-corrected chi connectivity index (χ4v) is 3.13. The average Bonchev–Trinajstić information content (AvgIpc) is 2.83. The van der Waals surface area contributed by atoms with E-state index in [-0.39, 0.29) is 11.9 Å². The molecule has 3 rings (SSSR count). The molecule has 1 aliphatic rings. The predicted molar refractivity (Wildman–Crippen MR) is 65.8 cm³/mol. The summed E-state index contributed by atoms with van der Waals surface area (Å²) in [7, 11) is 0. The van der Waals surface area contributed by atoms with Crippen LogP contribution < -0.4 is 5.32 Å². The van der Waals surface area contributed by atoms with Crippen molar-refractivity contribution in [3.8, 4) is 0 Å². The van der Waals surface area contributed by atoms with Crippen LogP contribution >= 0.6 is 22.9 Å². The molecule has 1 unspecified atom stereocenters. The molecule has 0 amide bonds. The second-order valence-corrected chi connectivity index (χ2v) is 5.59. The fraction of sp³-hybridized carbons (Fsp3) is 0.167. The van der Waals surface area contributed by atoms with Gasteiger partial charge in [0.1, 0.15) is 5.82 Å². The Hall–Kier alpha value is -1.06. The first kappa shape index (κ1) is 10.1. The van der Waals surface area contributed by atoms with Crippen molar-refractivity contribution in [2.45, 2.75) is 12.5 Å². The molecule has 1 aromatic carbocycles. The zero-order valence-corrected chi connectivity index (χ0v) is 9.91. The van der Waals surface area contributed by atoms with E-state index < -0.39 is 0 Å². The predicted octanol–water partition coefficient (Wildman–Crippen LogP) is 4.25. The minimum atomic E-state index is -0.176. The second kappa shape index (κ2) is 3.75. The third-order valence-corrected chi connectivity index (χ3v) is 4.10. The van der Waals surface area contributed by atoms with Gasteiger partial charge in [0.05, 0.1) is 10.4 Å². The van der Waals surface area contributed by atoms with E-state index in [0.29, 0.717) is 0 Å². The quantitative estimate of drug-likeness (QED) is 0.801. The SMILES string of the molecule is Fc1ccc2c(c1)CC(c1ccc(Cl)s1)N2. The van der Waals surface area contributed by atoms with Crippen LogP contribution in [-0.4, -0.2) is 0 Å². The van der Waals surface area contributed by atoms with E-state index in [0.717, 1.165) is 22.0 Å². The molecular formula is C12H9ClFNS. The Kier molecular flexibility index (Phi) is 2.37. The molecule has 2 heterocycles. The van der Waals surface area contributed by atoms with Gasteiger partial charge in [-0.1, -0.05) is 11.6 Å². The van der Waals surface area contributed by atoms with Gasteiger partial charge in [-0.25, -0.2) is 4.39 Å². The molecule has 1 aromatic heterocycles. The van der Waals surface area contributed by atoms with Crippen molar-refractivity contribution in [2.75, 3.05) is 5.32 Å². The largest absolute Gasteiger partial charge is 0.377 e. The number of halogens is 2. The number of benzene rings is 1. The van der Waals surface area contributed by atoms with Gasteiger partial charge >= 0.3 is 0 Å². The molecule has 82 valence electrons. The Balaban J connectivity index is 1.90. The van der Waals surface area contributed by atoms with E-state index in [9.17, 15) is 4.39 Å². The number of hydrogen-bond donors (Lipinski definition) is 1. The maximum atomic E-state index is 13.0. The Bertz CT molecular complexity index is 538. The zero-order valence-electron chi connectivity index (χ0n) is 8.34. The number of rotatable bonds is 1. The Morgan fingerprint density at radius 2 is 2.19 bits per heavy atom. The van der Waals surface area contributed by atoms with Gasteiger partial charge in [-0.15, -0.1) is 11.3 Å². The normalized spacial score (nSPS) is 18.2. The third-order valence-electron chi connectivity index (χ3n) is 2.76. The van der Waals surface area contributed by atoms with Gasteiger partial charge in [0.25, 0.3) is 0 Å². The first-order valence-electron chi connectivity index (χ1n) is 5.02. The van der Waals surface area contributed by atoms with Crippen molar-refractivity contribution in [1.29, 1.82) is 0 Å². The highest BCUT2D eigenvalue weighted by Crippen LogP contribution is 2.37. The highest BCUT2D eigenvalue weighted by molar-refractivity contribution is 7.16. The number of anilines is 1. The van der Waals surface area contributed by atoms with Gasteiger partial charge < -0.3 is 5.32 Å². The van der Waals surface area contributed by atoms with Crippen molar-refractivity contribution >= 4 is 28.6 Å². The maximum Gasteiger partial charge on any atom is 0.123 e. The first-order valence-corrected chi connectivity index (χ1v) is 6.22. The molecule has 1 atom stereocenters. The summed E-state index contributed by atoms with van der Waals surface area (Å²) in [5.74, 6) is -0.176. The lowest BCUT2D eigenvalue weighted by Crippen LogP contribution is -2.02. The number of hydrogen-bond acceptors (Lipinski definition) is 2. The second-order valence-electron chi connectivity index (χ2n) is 3.84. The Morgan fingerprint density at radius 1 is 1.31 bits per heavy atom. The fourth-order valence-electron chi connectivity index (χ4n) is 2.02. The van der Waals surface area contributed by atoms with Gasteiger partial charge in [-0.2, -0.15) is 0 Å².